The molecule has 0 bridgehead atoms. The molecule has 4 rings (SSSR count). The number of carboxylic acid groups (broad SMARTS) is 1. The number of methoxy groups -OCH3 is 1. The molecule has 0 amide bonds. The van der Waals surface area contributed by atoms with E-state index in [1.165, 1.54) is 19.4 Å². The minimum atomic E-state index is -1.02. The highest BCUT2D eigenvalue weighted by molar-refractivity contribution is 5.84. The van der Waals surface area contributed by atoms with E-state index in [0.29, 0.717) is 48.0 Å². The molecule has 3 aromatic heterocycles. The normalized spacial score (nSPS) is 18.4. The Balaban J connectivity index is 1.80. The van der Waals surface area contributed by atoms with E-state index in [1.807, 2.05) is 0 Å². The van der Waals surface area contributed by atoms with Gasteiger partial charge in [0.1, 0.15) is 12.3 Å². The van der Waals surface area contributed by atoms with Gasteiger partial charge in [0.25, 0.3) is 5.56 Å². The second-order valence-electron chi connectivity index (χ2n) is 7.99. The van der Waals surface area contributed by atoms with E-state index < -0.39 is 11.8 Å². The van der Waals surface area contributed by atoms with Crippen molar-refractivity contribution in [3.63, 3.8) is 0 Å². The zero-order chi connectivity index (χ0) is 23.7. The summed E-state index contributed by atoms with van der Waals surface area (Å²) in [4.78, 5) is 36.9. The number of aliphatic carboxylic acids is 1. The van der Waals surface area contributed by atoms with Gasteiger partial charge in [0.05, 0.1) is 18.9 Å². The Morgan fingerprint density at radius 1 is 1.27 bits per heavy atom. The summed E-state index contributed by atoms with van der Waals surface area (Å²) in [7, 11) is 1.32. The lowest BCUT2D eigenvalue weighted by molar-refractivity contribution is -0.145. The Hall–Kier alpha value is -3.60. The number of carboxylic acids is 1. The molecule has 0 saturated heterocycles. The Bertz CT molecular complexity index is 1270. The third-order valence-corrected chi connectivity index (χ3v) is 5.86. The number of nitrogens with two attached hydrogens (primary N) is 1. The number of aryl methyl sites for hydroxylation is 1. The van der Waals surface area contributed by atoms with E-state index >= 15 is 0 Å². The summed E-state index contributed by atoms with van der Waals surface area (Å²) in [6.07, 6.45) is 3.55. The average molecular weight is 457 g/mol. The maximum atomic E-state index is 14.3. The Morgan fingerprint density at radius 2 is 2.00 bits per heavy atom. The molecule has 3 N–H and O–H groups in total. The lowest BCUT2D eigenvalue weighted by atomic mass is 9.92. The van der Waals surface area contributed by atoms with E-state index in [4.69, 9.17) is 20.3 Å². The lowest BCUT2D eigenvalue weighted by Gasteiger charge is -2.30. The quantitative estimate of drug-likeness (QED) is 0.570. The van der Waals surface area contributed by atoms with Gasteiger partial charge in [0.2, 0.25) is 11.8 Å². The van der Waals surface area contributed by atoms with Crippen LogP contribution in [0, 0.1) is 12.7 Å². The van der Waals surface area contributed by atoms with Gasteiger partial charge in [-0.3, -0.25) is 9.36 Å². The molecule has 1 aliphatic rings. The molecule has 33 heavy (non-hydrogen) atoms. The largest absolute Gasteiger partial charge is 0.480 e. The van der Waals surface area contributed by atoms with E-state index in [-0.39, 0.29) is 41.7 Å². The van der Waals surface area contributed by atoms with Crippen LogP contribution in [0.5, 0.6) is 5.88 Å². The maximum absolute atomic E-state index is 14.3. The van der Waals surface area contributed by atoms with Crippen molar-refractivity contribution in [1.82, 2.24) is 19.5 Å². The second kappa shape index (κ2) is 9.10. The van der Waals surface area contributed by atoms with Crippen molar-refractivity contribution in [2.75, 3.05) is 19.5 Å². The summed E-state index contributed by atoms with van der Waals surface area (Å²) in [5, 5.41) is 9.46. The first-order valence-electron chi connectivity index (χ1n) is 10.5. The summed E-state index contributed by atoms with van der Waals surface area (Å²) in [5.74, 6) is -1.80. The van der Waals surface area contributed by atoms with Crippen molar-refractivity contribution in [2.24, 2.45) is 0 Å². The highest BCUT2D eigenvalue weighted by Crippen LogP contribution is 2.33. The van der Waals surface area contributed by atoms with E-state index in [1.54, 1.807) is 17.6 Å². The van der Waals surface area contributed by atoms with Crippen LogP contribution in [-0.2, 0) is 9.53 Å². The van der Waals surface area contributed by atoms with Crippen molar-refractivity contribution in [2.45, 2.75) is 44.8 Å². The number of hydrogen-bond acceptors (Lipinski definition) is 8. The van der Waals surface area contributed by atoms with Crippen molar-refractivity contribution >= 4 is 23.0 Å². The fourth-order valence-corrected chi connectivity index (χ4v) is 4.30. The summed E-state index contributed by atoms with van der Waals surface area (Å²) in [6.45, 7) is 1.41. The van der Waals surface area contributed by atoms with Gasteiger partial charge in [0, 0.05) is 28.8 Å². The molecule has 0 spiro atoms. The molecule has 1 fully saturated rings. The number of nitrogen functional groups attached to an aromatic ring is 1. The monoisotopic (exact) mass is 457 g/mol. The number of ether oxygens (including phenoxy) is 2. The van der Waals surface area contributed by atoms with Gasteiger partial charge in [-0.2, -0.15) is 4.98 Å². The minimum Gasteiger partial charge on any atom is -0.480 e. The highest BCUT2D eigenvalue weighted by Gasteiger charge is 2.27. The molecule has 174 valence electrons. The van der Waals surface area contributed by atoms with Crippen LogP contribution in [0.4, 0.5) is 10.3 Å². The standard InChI is InChI=1S/C22H24FN5O5/c1-11-15-8-16(12-7-17(23)20(32-2)25-9-12)21(31)28(19(15)27-22(24)26-11)13-3-5-14(6-4-13)33-10-18(29)30/h7-9,13-14H,3-6,10H2,1-2H3,(H,29,30)(H2,24,26,27). The minimum absolute atomic E-state index is 0.0523. The molecular weight excluding hydrogens is 433 g/mol. The number of aromatic nitrogens is 4. The van der Waals surface area contributed by atoms with Crippen LogP contribution in [0.1, 0.15) is 37.4 Å². The molecule has 3 aromatic rings. The topological polar surface area (TPSA) is 142 Å². The summed E-state index contributed by atoms with van der Waals surface area (Å²) < 4.78 is 26.2. The predicted octanol–water partition coefficient (Wildman–Crippen LogP) is 2.48. The van der Waals surface area contributed by atoms with Gasteiger partial charge in [0.15, 0.2) is 5.82 Å². The molecule has 0 aromatic carbocycles. The van der Waals surface area contributed by atoms with Crippen molar-refractivity contribution < 1.29 is 23.8 Å². The Morgan fingerprint density at radius 3 is 2.64 bits per heavy atom. The fraction of sp³-hybridized carbons (Fsp3) is 0.409. The first-order chi connectivity index (χ1) is 15.8. The third-order valence-electron chi connectivity index (χ3n) is 5.86. The zero-order valence-corrected chi connectivity index (χ0v) is 18.2. The predicted molar refractivity (Wildman–Crippen MR) is 118 cm³/mol. The summed E-state index contributed by atoms with van der Waals surface area (Å²) in [6, 6.07) is 2.63. The molecule has 0 aliphatic heterocycles. The van der Waals surface area contributed by atoms with E-state index in [2.05, 4.69) is 15.0 Å². The molecule has 0 unspecified atom stereocenters. The van der Waals surface area contributed by atoms with Crippen molar-refractivity contribution in [3.8, 4) is 17.0 Å². The number of pyridine rings is 2. The van der Waals surface area contributed by atoms with Crippen LogP contribution < -0.4 is 16.0 Å². The van der Waals surface area contributed by atoms with Crippen LogP contribution >= 0.6 is 0 Å². The SMILES string of the molecule is COc1ncc(-c2cc3c(C)nc(N)nc3n(C3CCC(OCC(=O)O)CC3)c2=O)cc1F. The fourth-order valence-electron chi connectivity index (χ4n) is 4.30. The Kier molecular flexibility index (Phi) is 6.23. The van der Waals surface area contributed by atoms with Crippen LogP contribution in [-0.4, -0.2) is 50.4 Å². The van der Waals surface area contributed by atoms with E-state index in [9.17, 15) is 14.0 Å². The van der Waals surface area contributed by atoms with Crippen LogP contribution in [0.2, 0.25) is 0 Å². The molecule has 1 saturated carbocycles. The lowest BCUT2D eigenvalue weighted by Crippen LogP contribution is -2.32. The zero-order valence-electron chi connectivity index (χ0n) is 18.2. The van der Waals surface area contributed by atoms with Gasteiger partial charge in [-0.25, -0.2) is 19.2 Å². The van der Waals surface area contributed by atoms with Crippen LogP contribution in [0.3, 0.4) is 0 Å². The molecule has 1 aliphatic carbocycles. The number of carbonyl (C=O) groups is 1. The number of nitrogens with zero attached hydrogens (tertiary/aromatic N) is 4. The van der Waals surface area contributed by atoms with Gasteiger partial charge >= 0.3 is 5.97 Å². The number of fused-ring (bicyclic) bond motifs is 1. The van der Waals surface area contributed by atoms with E-state index in [0.717, 1.165) is 0 Å². The number of anilines is 1. The Labute approximate surface area is 188 Å². The third kappa shape index (κ3) is 4.49. The molecule has 3 heterocycles. The van der Waals surface area contributed by atoms with Gasteiger partial charge < -0.3 is 20.3 Å². The van der Waals surface area contributed by atoms with Crippen molar-refractivity contribution in [1.29, 1.82) is 0 Å². The summed E-state index contributed by atoms with van der Waals surface area (Å²) >= 11 is 0. The molecule has 10 nitrogen and oxygen atoms in total. The van der Waals surface area contributed by atoms with Gasteiger partial charge in [-0.15, -0.1) is 0 Å². The van der Waals surface area contributed by atoms with Gasteiger partial charge in [-0.1, -0.05) is 0 Å². The first-order valence-corrected chi connectivity index (χ1v) is 10.5. The molecule has 0 atom stereocenters. The van der Waals surface area contributed by atoms with Gasteiger partial charge in [-0.05, 0) is 44.7 Å². The number of hydrogen-bond donors (Lipinski definition) is 2. The number of halogens is 1. The molecular formula is C22H24FN5O5. The smallest absolute Gasteiger partial charge is 0.329 e. The van der Waals surface area contributed by atoms with Crippen molar-refractivity contribution in [3.05, 3.63) is 40.2 Å². The highest BCUT2D eigenvalue weighted by atomic mass is 19.1. The maximum Gasteiger partial charge on any atom is 0.329 e. The number of rotatable bonds is 6. The average Bonchev–Trinajstić information content (AvgIpc) is 2.78. The van der Waals surface area contributed by atoms with Crippen LogP contribution in [0.15, 0.2) is 23.1 Å². The molecule has 11 heteroatoms. The first kappa shape index (κ1) is 22.6. The summed E-state index contributed by atoms with van der Waals surface area (Å²) in [5.41, 5.74) is 7.10. The molecule has 0 radical (unpaired) electrons. The van der Waals surface area contributed by atoms with Crippen LogP contribution in [0.25, 0.3) is 22.2 Å². The second-order valence-corrected chi connectivity index (χ2v) is 7.99.